The minimum Gasteiger partial charge on any atom is -0.497 e. The van der Waals surface area contributed by atoms with Crippen molar-refractivity contribution in [2.75, 3.05) is 37.5 Å². The van der Waals surface area contributed by atoms with Gasteiger partial charge in [0, 0.05) is 54.6 Å². The second-order valence-corrected chi connectivity index (χ2v) is 8.02. The van der Waals surface area contributed by atoms with Gasteiger partial charge >= 0.3 is 0 Å². The van der Waals surface area contributed by atoms with Crippen LogP contribution in [-0.4, -0.2) is 43.3 Å². The van der Waals surface area contributed by atoms with Crippen molar-refractivity contribution < 1.29 is 9.47 Å². The molecule has 1 fully saturated rings. The molecule has 27 heavy (non-hydrogen) atoms. The van der Waals surface area contributed by atoms with Gasteiger partial charge in [-0.05, 0) is 18.9 Å². The van der Waals surface area contributed by atoms with E-state index in [9.17, 15) is 0 Å². The van der Waals surface area contributed by atoms with Gasteiger partial charge in [0.15, 0.2) is 0 Å². The predicted molar refractivity (Wildman–Crippen MR) is 109 cm³/mol. The van der Waals surface area contributed by atoms with E-state index in [2.05, 4.69) is 36.0 Å². The molecule has 1 aromatic carbocycles. The quantitative estimate of drug-likeness (QED) is 0.862. The van der Waals surface area contributed by atoms with Crippen molar-refractivity contribution in [3.8, 4) is 11.5 Å². The van der Waals surface area contributed by atoms with E-state index in [0.29, 0.717) is 6.04 Å². The van der Waals surface area contributed by atoms with Crippen molar-refractivity contribution in [2.24, 2.45) is 0 Å². The average molecular weight is 370 g/mol. The zero-order valence-electron chi connectivity index (χ0n) is 17.0. The standard InChI is InChI=1S/C21H30N4O2/c1-21(2,3)20-22-9-8-19(24-20)25-10-6-7-15(14-25)23-16-11-17(26-4)13-18(12-16)27-5/h8-9,11-13,15,23H,6-7,10,14H2,1-5H3. The van der Waals surface area contributed by atoms with Gasteiger partial charge in [0.25, 0.3) is 0 Å². The van der Waals surface area contributed by atoms with E-state index >= 15 is 0 Å². The third-order valence-corrected chi connectivity index (χ3v) is 4.78. The molecule has 146 valence electrons. The number of rotatable bonds is 5. The first kappa shape index (κ1) is 19.3. The molecular formula is C21H30N4O2. The van der Waals surface area contributed by atoms with Crippen LogP contribution in [0.25, 0.3) is 0 Å². The van der Waals surface area contributed by atoms with E-state index in [1.54, 1.807) is 14.2 Å². The van der Waals surface area contributed by atoms with Gasteiger partial charge in [-0.15, -0.1) is 0 Å². The van der Waals surface area contributed by atoms with Crippen LogP contribution in [0, 0.1) is 0 Å². The van der Waals surface area contributed by atoms with Gasteiger partial charge < -0.3 is 19.7 Å². The van der Waals surface area contributed by atoms with Gasteiger partial charge in [-0.25, -0.2) is 9.97 Å². The highest BCUT2D eigenvalue weighted by molar-refractivity contribution is 5.55. The molecule has 2 aromatic rings. The number of nitrogens with one attached hydrogen (secondary N) is 1. The normalized spacial score (nSPS) is 17.5. The first-order valence-corrected chi connectivity index (χ1v) is 9.47. The van der Waals surface area contributed by atoms with E-state index in [0.717, 1.165) is 54.8 Å². The number of hydrogen-bond donors (Lipinski definition) is 1. The van der Waals surface area contributed by atoms with E-state index in [1.807, 2.05) is 30.5 Å². The number of methoxy groups -OCH3 is 2. The molecule has 1 aliphatic rings. The molecule has 3 rings (SSSR count). The lowest BCUT2D eigenvalue weighted by molar-refractivity contribution is 0.394. The van der Waals surface area contributed by atoms with Crippen LogP contribution >= 0.6 is 0 Å². The number of anilines is 2. The second-order valence-electron chi connectivity index (χ2n) is 8.02. The van der Waals surface area contributed by atoms with Crippen molar-refractivity contribution in [1.29, 1.82) is 0 Å². The Bertz CT molecular complexity index is 751. The Balaban J connectivity index is 1.73. The summed E-state index contributed by atoms with van der Waals surface area (Å²) in [5, 5.41) is 3.63. The summed E-state index contributed by atoms with van der Waals surface area (Å²) in [5.74, 6) is 3.46. The summed E-state index contributed by atoms with van der Waals surface area (Å²) >= 11 is 0. The SMILES string of the molecule is COc1cc(NC2CCCN(c3ccnc(C(C)(C)C)n3)C2)cc(OC)c1. The van der Waals surface area contributed by atoms with Gasteiger partial charge in [-0.2, -0.15) is 0 Å². The highest BCUT2D eigenvalue weighted by atomic mass is 16.5. The maximum atomic E-state index is 5.37. The minimum absolute atomic E-state index is 0.0550. The molecule has 1 aromatic heterocycles. The van der Waals surface area contributed by atoms with Crippen LogP contribution in [0.5, 0.6) is 11.5 Å². The number of piperidine rings is 1. The Hall–Kier alpha value is -2.50. The molecule has 2 heterocycles. The molecule has 1 atom stereocenters. The lowest BCUT2D eigenvalue weighted by Crippen LogP contribution is -2.42. The molecular weight excluding hydrogens is 340 g/mol. The molecule has 1 unspecified atom stereocenters. The summed E-state index contributed by atoms with van der Waals surface area (Å²) in [6, 6.07) is 8.23. The third kappa shape index (κ3) is 4.81. The topological polar surface area (TPSA) is 59.5 Å². The molecule has 1 N–H and O–H groups in total. The highest BCUT2D eigenvalue weighted by Gasteiger charge is 2.23. The van der Waals surface area contributed by atoms with E-state index in [4.69, 9.17) is 14.5 Å². The van der Waals surface area contributed by atoms with Gasteiger partial charge in [-0.3, -0.25) is 0 Å². The lowest BCUT2D eigenvalue weighted by atomic mass is 9.96. The molecule has 0 amide bonds. The maximum absolute atomic E-state index is 5.37. The van der Waals surface area contributed by atoms with E-state index in [1.165, 1.54) is 0 Å². The Morgan fingerprint density at radius 3 is 2.44 bits per heavy atom. The molecule has 0 bridgehead atoms. The lowest BCUT2D eigenvalue weighted by Gasteiger charge is -2.35. The van der Waals surface area contributed by atoms with Crippen LogP contribution in [0.1, 0.15) is 39.4 Å². The van der Waals surface area contributed by atoms with Crippen molar-refractivity contribution >= 4 is 11.5 Å². The fraction of sp³-hybridized carbons (Fsp3) is 0.524. The number of nitrogens with zero attached hydrogens (tertiary/aromatic N) is 3. The summed E-state index contributed by atoms with van der Waals surface area (Å²) in [5.41, 5.74) is 0.955. The van der Waals surface area contributed by atoms with Crippen LogP contribution in [-0.2, 0) is 5.41 Å². The van der Waals surface area contributed by atoms with Crippen molar-refractivity contribution in [1.82, 2.24) is 9.97 Å². The summed E-state index contributed by atoms with van der Waals surface area (Å²) in [6.07, 6.45) is 4.10. The first-order valence-electron chi connectivity index (χ1n) is 9.47. The largest absolute Gasteiger partial charge is 0.497 e. The Labute approximate surface area is 161 Å². The predicted octanol–water partition coefficient (Wildman–Crippen LogP) is 3.87. The van der Waals surface area contributed by atoms with Crippen LogP contribution in [0.4, 0.5) is 11.5 Å². The van der Waals surface area contributed by atoms with Crippen molar-refractivity contribution in [3.05, 3.63) is 36.3 Å². The third-order valence-electron chi connectivity index (χ3n) is 4.78. The molecule has 1 saturated heterocycles. The molecule has 6 heteroatoms. The fourth-order valence-corrected chi connectivity index (χ4v) is 3.32. The summed E-state index contributed by atoms with van der Waals surface area (Å²) in [4.78, 5) is 11.6. The van der Waals surface area contributed by atoms with Crippen LogP contribution in [0.3, 0.4) is 0 Å². The Morgan fingerprint density at radius 2 is 1.81 bits per heavy atom. The van der Waals surface area contributed by atoms with E-state index < -0.39 is 0 Å². The minimum atomic E-state index is -0.0550. The second kappa shape index (κ2) is 8.03. The van der Waals surface area contributed by atoms with Crippen LogP contribution in [0.2, 0.25) is 0 Å². The van der Waals surface area contributed by atoms with Gasteiger partial charge in [-0.1, -0.05) is 20.8 Å². The summed E-state index contributed by atoms with van der Waals surface area (Å²) < 4.78 is 10.7. The number of aromatic nitrogens is 2. The summed E-state index contributed by atoms with van der Waals surface area (Å²) in [7, 11) is 3.34. The van der Waals surface area contributed by atoms with Crippen molar-refractivity contribution in [3.63, 3.8) is 0 Å². The van der Waals surface area contributed by atoms with Gasteiger partial charge in [0.1, 0.15) is 23.1 Å². The Morgan fingerprint density at radius 1 is 1.11 bits per heavy atom. The van der Waals surface area contributed by atoms with Crippen molar-refractivity contribution in [2.45, 2.75) is 45.1 Å². The Kier molecular flexibility index (Phi) is 5.73. The maximum Gasteiger partial charge on any atom is 0.135 e. The molecule has 0 aliphatic carbocycles. The average Bonchev–Trinajstić information content (AvgIpc) is 2.67. The smallest absolute Gasteiger partial charge is 0.135 e. The fourth-order valence-electron chi connectivity index (χ4n) is 3.32. The number of benzene rings is 1. The molecule has 1 aliphatic heterocycles. The highest BCUT2D eigenvalue weighted by Crippen LogP contribution is 2.28. The molecule has 0 spiro atoms. The van der Waals surface area contributed by atoms with E-state index in [-0.39, 0.29) is 5.41 Å². The number of hydrogen-bond acceptors (Lipinski definition) is 6. The monoisotopic (exact) mass is 370 g/mol. The summed E-state index contributed by atoms with van der Waals surface area (Å²) in [6.45, 7) is 8.34. The molecule has 0 saturated carbocycles. The zero-order valence-corrected chi connectivity index (χ0v) is 17.0. The zero-order chi connectivity index (χ0) is 19.4. The molecule has 6 nitrogen and oxygen atoms in total. The molecule has 0 radical (unpaired) electrons. The van der Waals surface area contributed by atoms with Gasteiger partial charge in [0.2, 0.25) is 0 Å². The van der Waals surface area contributed by atoms with Gasteiger partial charge in [0.05, 0.1) is 14.2 Å². The number of ether oxygens (including phenoxy) is 2. The van der Waals surface area contributed by atoms with Crippen LogP contribution < -0.4 is 19.7 Å². The van der Waals surface area contributed by atoms with Crippen LogP contribution in [0.15, 0.2) is 30.5 Å². The first-order chi connectivity index (χ1) is 12.9.